The summed E-state index contributed by atoms with van der Waals surface area (Å²) in [6.45, 7) is 0.443. The van der Waals surface area contributed by atoms with Crippen LogP contribution in [0, 0.1) is 5.92 Å². The van der Waals surface area contributed by atoms with E-state index >= 15 is 0 Å². The van der Waals surface area contributed by atoms with Crippen molar-refractivity contribution in [1.82, 2.24) is 4.90 Å². The average Bonchev–Trinajstić information content (AvgIpc) is 2.77. The zero-order valence-corrected chi connectivity index (χ0v) is 18.6. The normalized spacial score (nSPS) is 14.6. The van der Waals surface area contributed by atoms with Crippen LogP contribution in [-0.4, -0.2) is 42.0 Å². The summed E-state index contributed by atoms with van der Waals surface area (Å²) in [6.07, 6.45) is -0.874. The summed E-state index contributed by atoms with van der Waals surface area (Å²) in [7, 11) is 2.76. The number of anilines is 1. The first-order valence-corrected chi connectivity index (χ1v) is 10.5. The molecule has 178 valence electrons. The molecule has 0 atom stereocenters. The summed E-state index contributed by atoms with van der Waals surface area (Å²) in [6, 6.07) is 14.7. The number of alkyl halides is 3. The molecule has 0 heterocycles. The van der Waals surface area contributed by atoms with Gasteiger partial charge in [0, 0.05) is 38.5 Å². The molecule has 0 spiro atoms. The van der Waals surface area contributed by atoms with Crippen molar-refractivity contribution in [3.8, 4) is 0 Å². The van der Waals surface area contributed by atoms with Gasteiger partial charge in [-0.3, -0.25) is 4.79 Å². The Morgan fingerprint density at radius 1 is 1.15 bits per heavy atom. The molecule has 0 aliphatic heterocycles. The zero-order valence-electron chi connectivity index (χ0n) is 18.6. The molecule has 0 aromatic heterocycles. The molecule has 6 nitrogen and oxygen atoms in total. The van der Waals surface area contributed by atoms with Crippen molar-refractivity contribution in [2.24, 2.45) is 16.6 Å². The predicted molar refractivity (Wildman–Crippen MR) is 124 cm³/mol. The lowest BCUT2D eigenvalue weighted by molar-refractivity contribution is -0.137. The summed E-state index contributed by atoms with van der Waals surface area (Å²) < 4.78 is 40.9. The fourth-order valence-corrected chi connectivity index (χ4v) is 3.26. The van der Waals surface area contributed by atoms with Gasteiger partial charge in [0.15, 0.2) is 5.71 Å². The van der Waals surface area contributed by atoms with E-state index in [1.54, 1.807) is 54.4 Å². The minimum atomic E-state index is -4.70. The van der Waals surface area contributed by atoms with E-state index in [-0.39, 0.29) is 23.2 Å². The van der Waals surface area contributed by atoms with Crippen molar-refractivity contribution >= 4 is 23.0 Å². The molecule has 2 aromatic carbocycles. The average molecular weight is 463 g/mol. The van der Waals surface area contributed by atoms with Gasteiger partial charge in [-0.25, -0.2) is 4.99 Å². The number of carbonyl (C=O) groups excluding carboxylic acids is 1. The van der Waals surface area contributed by atoms with Crippen molar-refractivity contribution in [1.29, 1.82) is 0 Å². The van der Waals surface area contributed by atoms with E-state index < -0.39 is 11.9 Å². The molecule has 1 aliphatic rings. The number of benzene rings is 2. The van der Waals surface area contributed by atoms with Crippen LogP contribution >= 0.6 is 0 Å². The molecule has 0 saturated heterocycles. The predicted octanol–water partition coefficient (Wildman–Crippen LogP) is 4.60. The van der Waals surface area contributed by atoms with Crippen molar-refractivity contribution in [2.75, 3.05) is 19.5 Å². The number of halogens is 3. The Morgan fingerprint density at radius 3 is 2.24 bits per heavy atom. The first kappa shape index (κ1) is 25.9. The minimum absolute atomic E-state index is 0.118. The van der Waals surface area contributed by atoms with Gasteiger partial charge in [0.25, 0.3) is 0 Å². The second-order valence-corrected chi connectivity index (χ2v) is 7.52. The first-order chi connectivity index (χ1) is 15.8. The van der Waals surface area contributed by atoms with Crippen molar-refractivity contribution in [2.45, 2.75) is 32.0 Å². The quantitative estimate of drug-likeness (QED) is 0.525. The number of hydrogen-bond acceptors (Lipinski definition) is 5. The summed E-state index contributed by atoms with van der Waals surface area (Å²) in [5, 5.41) is 9.70. The SMILES string of the molecule is CN(Cc1ccc(N/C(=C/N)C(=Nc2ccccc2)C(F)(F)F)cc1)C(=O)C1CCC1.CO. The largest absolute Gasteiger partial charge is 0.435 e. The van der Waals surface area contributed by atoms with Crippen molar-refractivity contribution in [3.05, 3.63) is 72.1 Å². The number of amides is 1. The highest BCUT2D eigenvalue weighted by atomic mass is 19.4. The Morgan fingerprint density at radius 2 is 1.76 bits per heavy atom. The Bertz CT molecular complexity index is 954. The molecule has 0 radical (unpaired) electrons. The van der Waals surface area contributed by atoms with Crippen LogP contribution in [0.3, 0.4) is 0 Å². The van der Waals surface area contributed by atoms with Gasteiger partial charge in [-0.05, 0) is 42.7 Å². The number of carbonyl (C=O) groups is 1. The van der Waals surface area contributed by atoms with Crippen LogP contribution in [-0.2, 0) is 11.3 Å². The topological polar surface area (TPSA) is 91.0 Å². The fraction of sp³-hybridized carbons (Fsp3) is 0.333. The number of nitrogens with one attached hydrogen (secondary N) is 1. The molecular formula is C24H29F3N4O2. The molecular weight excluding hydrogens is 433 g/mol. The number of hydrogen-bond donors (Lipinski definition) is 3. The maximum Gasteiger partial charge on any atom is 0.435 e. The van der Waals surface area contributed by atoms with E-state index in [4.69, 9.17) is 10.8 Å². The maximum atomic E-state index is 13.6. The van der Waals surface area contributed by atoms with Crippen molar-refractivity contribution in [3.63, 3.8) is 0 Å². The second kappa shape index (κ2) is 12.1. The summed E-state index contributed by atoms with van der Waals surface area (Å²) >= 11 is 0. The van der Waals surface area contributed by atoms with E-state index in [1.165, 1.54) is 12.1 Å². The van der Waals surface area contributed by atoms with Crippen LogP contribution in [0.4, 0.5) is 24.5 Å². The number of aliphatic hydroxyl groups is 1. The van der Waals surface area contributed by atoms with E-state index in [0.29, 0.717) is 12.2 Å². The summed E-state index contributed by atoms with van der Waals surface area (Å²) in [5.41, 5.74) is 5.52. The van der Waals surface area contributed by atoms with Crippen molar-refractivity contribution < 1.29 is 23.1 Å². The van der Waals surface area contributed by atoms with Gasteiger partial charge in [-0.2, -0.15) is 13.2 Å². The number of nitrogens with two attached hydrogens (primary N) is 1. The van der Waals surface area contributed by atoms with Crippen LogP contribution in [0.1, 0.15) is 24.8 Å². The molecule has 1 fully saturated rings. The molecule has 2 aromatic rings. The Balaban J connectivity index is 0.00000187. The summed E-state index contributed by atoms with van der Waals surface area (Å²) in [5.74, 6) is 0.252. The Hall–Kier alpha value is -3.33. The highest BCUT2D eigenvalue weighted by molar-refractivity contribution is 6.07. The van der Waals surface area contributed by atoms with Crippen LogP contribution in [0.25, 0.3) is 0 Å². The first-order valence-electron chi connectivity index (χ1n) is 10.5. The molecule has 1 saturated carbocycles. The number of rotatable bonds is 7. The van der Waals surface area contributed by atoms with Gasteiger partial charge in [0.1, 0.15) is 0 Å². The summed E-state index contributed by atoms with van der Waals surface area (Å²) in [4.78, 5) is 17.7. The number of aliphatic imine (C=N–C) groups is 1. The van der Waals surface area contributed by atoms with Crippen LogP contribution in [0.15, 0.2) is 71.5 Å². The highest BCUT2D eigenvalue weighted by Crippen LogP contribution is 2.29. The van der Waals surface area contributed by atoms with Crippen LogP contribution in [0.2, 0.25) is 0 Å². The maximum absolute atomic E-state index is 13.6. The molecule has 1 amide bonds. The third kappa shape index (κ3) is 7.35. The fourth-order valence-electron chi connectivity index (χ4n) is 3.26. The molecule has 4 N–H and O–H groups in total. The monoisotopic (exact) mass is 462 g/mol. The van der Waals surface area contributed by atoms with E-state index in [9.17, 15) is 18.0 Å². The van der Waals surface area contributed by atoms with E-state index in [2.05, 4.69) is 10.3 Å². The lowest BCUT2D eigenvalue weighted by Gasteiger charge is -2.29. The van der Waals surface area contributed by atoms with Gasteiger partial charge in [-0.15, -0.1) is 0 Å². The molecule has 33 heavy (non-hydrogen) atoms. The standard InChI is InChI=1S/C23H25F3N4O.CH4O/c1-30(22(31)17-6-5-7-17)15-16-10-12-19(13-11-16)28-20(14-27)21(23(24,25)26)29-18-8-3-2-4-9-18;1-2/h2-4,8-14,17,28H,5-7,15,27H2,1H3;2H,1H3/b20-14+,29-21?;. The third-order valence-corrected chi connectivity index (χ3v) is 5.17. The van der Waals surface area contributed by atoms with Crippen LogP contribution in [0.5, 0.6) is 0 Å². The minimum Gasteiger partial charge on any atom is -0.403 e. The zero-order chi connectivity index (χ0) is 24.4. The molecule has 0 bridgehead atoms. The Kier molecular flexibility index (Phi) is 9.47. The second-order valence-electron chi connectivity index (χ2n) is 7.52. The lowest BCUT2D eigenvalue weighted by atomic mass is 9.84. The molecule has 1 aliphatic carbocycles. The smallest absolute Gasteiger partial charge is 0.403 e. The van der Waals surface area contributed by atoms with Gasteiger partial charge in [-0.1, -0.05) is 36.8 Å². The van der Waals surface area contributed by atoms with Crippen LogP contribution < -0.4 is 11.1 Å². The lowest BCUT2D eigenvalue weighted by Crippen LogP contribution is -2.35. The van der Waals surface area contributed by atoms with E-state index in [0.717, 1.165) is 38.1 Å². The molecule has 9 heteroatoms. The Labute approximate surface area is 191 Å². The van der Waals surface area contributed by atoms with E-state index in [1.807, 2.05) is 0 Å². The number of para-hydroxylation sites is 1. The third-order valence-electron chi connectivity index (χ3n) is 5.17. The number of aliphatic hydroxyl groups excluding tert-OH is 1. The number of nitrogens with zero attached hydrogens (tertiary/aromatic N) is 2. The molecule has 0 unspecified atom stereocenters. The highest BCUT2D eigenvalue weighted by Gasteiger charge is 2.38. The van der Waals surface area contributed by atoms with Gasteiger partial charge < -0.3 is 21.1 Å². The van der Waals surface area contributed by atoms with Gasteiger partial charge in [0.05, 0.1) is 11.4 Å². The number of allylic oxidation sites excluding steroid dienone is 1. The van der Waals surface area contributed by atoms with Gasteiger partial charge >= 0.3 is 6.18 Å². The van der Waals surface area contributed by atoms with Gasteiger partial charge in [0.2, 0.25) is 5.91 Å². The molecule has 3 rings (SSSR count).